The minimum Gasteiger partial charge on any atom is -0.691 e. The largest absolute Gasteiger partial charge is 0.691 e. The molecule has 0 saturated heterocycles. The van der Waals surface area contributed by atoms with E-state index in [4.69, 9.17) is 9.47 Å². The summed E-state index contributed by atoms with van der Waals surface area (Å²) >= 11 is 0.625. The Hall–Kier alpha value is -1.61. The number of ether oxygens (including phenoxy) is 2. The maximum absolute atomic E-state index is 12.6. The van der Waals surface area contributed by atoms with Crippen molar-refractivity contribution in [3.63, 3.8) is 0 Å². The van der Waals surface area contributed by atoms with Crippen molar-refractivity contribution >= 4 is 24.0 Å². The van der Waals surface area contributed by atoms with Gasteiger partial charge in [0, 0.05) is 4.90 Å². The van der Waals surface area contributed by atoms with Gasteiger partial charge in [0.1, 0.15) is 12.2 Å². The Morgan fingerprint density at radius 2 is 1.25 bits per heavy atom. The number of carbonyl (C=O) groups is 2. The van der Waals surface area contributed by atoms with Crippen LogP contribution < -0.4 is 5.26 Å². The van der Waals surface area contributed by atoms with Crippen molar-refractivity contribution in [2.75, 3.05) is 0 Å². The van der Waals surface area contributed by atoms with Crippen LogP contribution in [0.4, 0.5) is 0 Å². The van der Waals surface area contributed by atoms with Gasteiger partial charge in [0.15, 0.2) is 0 Å². The normalized spacial score (nSPS) is 18.6. The van der Waals surface area contributed by atoms with Gasteiger partial charge in [-0.3, -0.25) is 5.04 Å². The van der Waals surface area contributed by atoms with Crippen molar-refractivity contribution in [3.8, 4) is 0 Å². The van der Waals surface area contributed by atoms with E-state index >= 15 is 0 Å². The molecule has 2 saturated carbocycles. The summed E-state index contributed by atoms with van der Waals surface area (Å²) in [6.07, 6.45) is 9.69. The van der Waals surface area contributed by atoms with Gasteiger partial charge in [0.25, 0.3) is 0 Å². The van der Waals surface area contributed by atoms with E-state index in [0.29, 0.717) is 16.9 Å². The molecule has 0 amide bonds. The predicted octanol–water partition coefficient (Wildman–Crippen LogP) is 3.90. The van der Waals surface area contributed by atoms with E-state index in [0.717, 1.165) is 64.2 Å². The molecule has 154 valence electrons. The molecule has 1 aromatic carbocycles. The third-order valence-corrected chi connectivity index (χ3v) is 5.74. The van der Waals surface area contributed by atoms with Crippen LogP contribution in [-0.2, 0) is 18.8 Å². The highest BCUT2D eigenvalue weighted by Crippen LogP contribution is 2.27. The first-order valence-corrected chi connectivity index (χ1v) is 10.6. The second-order valence-corrected chi connectivity index (χ2v) is 8.07. The molecule has 3 rings (SSSR count). The molecule has 0 heterocycles. The van der Waals surface area contributed by atoms with Crippen molar-refractivity contribution in [2.45, 2.75) is 81.3 Å². The zero-order chi connectivity index (χ0) is 19.8. The molecule has 28 heavy (non-hydrogen) atoms. The van der Waals surface area contributed by atoms with Gasteiger partial charge in [-0.15, -0.1) is 0 Å². The molecule has 0 aliphatic heterocycles. The maximum Gasteiger partial charge on any atom is 0.338 e. The monoisotopic (exact) mass is 409 g/mol. The lowest BCUT2D eigenvalue weighted by Crippen LogP contribution is -2.22. The molecule has 8 heteroatoms. The van der Waals surface area contributed by atoms with Crippen LogP contribution in [0.5, 0.6) is 0 Å². The van der Waals surface area contributed by atoms with Crippen LogP contribution >= 0.6 is 12.0 Å². The summed E-state index contributed by atoms with van der Waals surface area (Å²) in [5, 5.41) is 13.5. The summed E-state index contributed by atoms with van der Waals surface area (Å²) in [7, 11) is 0. The molecule has 2 aliphatic carbocycles. The molecule has 0 spiro atoms. The Bertz CT molecular complexity index is 616. The van der Waals surface area contributed by atoms with Gasteiger partial charge < -0.3 is 14.7 Å². The van der Waals surface area contributed by atoms with E-state index in [1.165, 1.54) is 18.2 Å². The first kappa shape index (κ1) is 21.1. The molecule has 0 N–H and O–H groups in total. The Morgan fingerprint density at radius 3 is 1.68 bits per heavy atom. The average molecular weight is 409 g/mol. The lowest BCUT2D eigenvalue weighted by Gasteiger charge is -2.23. The van der Waals surface area contributed by atoms with E-state index in [9.17, 15) is 14.8 Å². The Morgan fingerprint density at radius 1 is 0.786 bits per heavy atom. The highest BCUT2D eigenvalue weighted by Gasteiger charge is 2.23. The fraction of sp³-hybridized carbons (Fsp3) is 0.600. The lowest BCUT2D eigenvalue weighted by atomic mass is 9.97. The molecule has 2 fully saturated rings. The minimum absolute atomic E-state index is 0.101. The van der Waals surface area contributed by atoms with Gasteiger partial charge in [-0.1, -0.05) is 12.8 Å². The summed E-state index contributed by atoms with van der Waals surface area (Å²) in [4.78, 5) is 25.6. The van der Waals surface area contributed by atoms with E-state index < -0.39 is 11.9 Å². The van der Waals surface area contributed by atoms with Crippen LogP contribution in [0.2, 0.25) is 0 Å². The van der Waals surface area contributed by atoms with Crippen LogP contribution in [0, 0.1) is 0 Å². The minimum atomic E-state index is -0.496. The third-order valence-electron chi connectivity index (χ3n) is 5.19. The van der Waals surface area contributed by atoms with Gasteiger partial charge in [-0.05, 0) is 69.6 Å². The predicted molar refractivity (Wildman–Crippen MR) is 99.0 cm³/mol. The number of hydrogen-bond donors (Lipinski definition) is 0. The van der Waals surface area contributed by atoms with Crippen LogP contribution in [0.1, 0.15) is 84.9 Å². The third kappa shape index (κ3) is 6.20. The molecule has 0 atom stereocenters. The molecule has 1 aromatic rings. The molecule has 7 nitrogen and oxygen atoms in total. The smallest absolute Gasteiger partial charge is 0.338 e. The molecule has 2 aliphatic rings. The first-order chi connectivity index (χ1) is 13.7. The van der Waals surface area contributed by atoms with Crippen molar-refractivity contribution in [1.82, 2.24) is 0 Å². The van der Waals surface area contributed by atoms with Crippen molar-refractivity contribution in [3.05, 3.63) is 29.3 Å². The van der Waals surface area contributed by atoms with Crippen LogP contribution in [0.25, 0.3) is 0 Å². The highest BCUT2D eigenvalue weighted by molar-refractivity contribution is 7.94. The SMILES string of the molecule is O=C(OC1CCCCC1)c1cc(SOO[O-])cc(C(=O)OC2CCCCC2)c1. The standard InChI is InChI=1S/C20H26O7S/c21-19(24-16-7-3-1-4-8-16)14-11-15(13-18(12-14)28-27-26-23)20(22)25-17-9-5-2-6-10-17/h11-13,16-17,23H,1-10H2/p-1. The second kappa shape index (κ2) is 10.8. The molecule has 0 bridgehead atoms. The topological polar surface area (TPSA) is 94.1 Å². The average Bonchev–Trinajstić information content (AvgIpc) is 2.73. The van der Waals surface area contributed by atoms with Gasteiger partial charge >= 0.3 is 11.9 Å². The van der Waals surface area contributed by atoms with Gasteiger partial charge in [-0.25, -0.2) is 9.59 Å². The van der Waals surface area contributed by atoms with E-state index in [-0.39, 0.29) is 23.3 Å². The zero-order valence-corrected chi connectivity index (χ0v) is 16.5. The Labute approximate surface area is 168 Å². The van der Waals surface area contributed by atoms with Gasteiger partial charge in [0.05, 0.1) is 23.2 Å². The number of carbonyl (C=O) groups excluding carboxylic acids is 2. The summed E-state index contributed by atoms with van der Waals surface area (Å²) in [5.41, 5.74) is 0.446. The number of benzene rings is 1. The number of rotatable bonds is 7. The van der Waals surface area contributed by atoms with Crippen molar-refractivity contribution < 1.29 is 33.7 Å². The summed E-state index contributed by atoms with van der Waals surface area (Å²) in [6.45, 7) is 0. The Kier molecular flexibility index (Phi) is 8.14. The van der Waals surface area contributed by atoms with Crippen molar-refractivity contribution in [2.24, 2.45) is 0 Å². The second-order valence-electron chi connectivity index (χ2n) is 7.30. The van der Waals surface area contributed by atoms with E-state index in [1.807, 2.05) is 0 Å². The zero-order valence-electron chi connectivity index (χ0n) is 15.7. The first-order valence-electron chi connectivity index (χ1n) is 9.86. The van der Waals surface area contributed by atoms with Crippen LogP contribution in [0.3, 0.4) is 0 Å². The van der Waals surface area contributed by atoms with Crippen LogP contribution in [-0.4, -0.2) is 24.1 Å². The fourth-order valence-corrected chi connectivity index (χ4v) is 4.20. The maximum atomic E-state index is 12.6. The van der Waals surface area contributed by atoms with Gasteiger partial charge in [-0.2, -0.15) is 4.33 Å². The molecular weight excluding hydrogens is 384 g/mol. The highest BCUT2D eigenvalue weighted by atomic mass is 32.2. The molecule has 0 unspecified atom stereocenters. The molecular formula is C20H25O7S-. The number of esters is 2. The summed E-state index contributed by atoms with van der Waals surface area (Å²) in [5.74, 6) is -0.992. The lowest BCUT2D eigenvalue weighted by molar-refractivity contribution is -0.777. The summed E-state index contributed by atoms with van der Waals surface area (Å²) in [6, 6.07) is 4.48. The van der Waals surface area contributed by atoms with E-state index in [1.54, 1.807) is 0 Å². The molecule has 0 radical (unpaired) electrons. The van der Waals surface area contributed by atoms with Crippen LogP contribution in [0.15, 0.2) is 23.1 Å². The van der Waals surface area contributed by atoms with E-state index in [2.05, 4.69) is 9.37 Å². The quantitative estimate of drug-likeness (QED) is 0.290. The van der Waals surface area contributed by atoms with Gasteiger partial charge in [0.2, 0.25) is 0 Å². The Balaban J connectivity index is 1.73. The number of hydrogen-bond acceptors (Lipinski definition) is 8. The van der Waals surface area contributed by atoms with Crippen molar-refractivity contribution in [1.29, 1.82) is 0 Å². The fourth-order valence-electron chi connectivity index (χ4n) is 3.74. The summed E-state index contributed by atoms with van der Waals surface area (Å²) < 4.78 is 15.5. The molecule has 0 aromatic heterocycles.